The number of piperazine rings is 1. The predicted molar refractivity (Wildman–Crippen MR) is 94.9 cm³/mol. The second kappa shape index (κ2) is 6.13. The molecule has 0 atom stereocenters. The molecule has 3 heterocycles. The molecule has 24 heavy (non-hydrogen) atoms. The van der Waals surface area contributed by atoms with Gasteiger partial charge in [-0.2, -0.15) is 0 Å². The SMILES string of the molecule is Oc1c(Cl)cccc1N1CCN(c2ncnc3cnccc23)CC1. The lowest BCUT2D eigenvalue weighted by atomic mass is 10.2. The van der Waals surface area contributed by atoms with Crippen LogP contribution in [0.3, 0.4) is 0 Å². The van der Waals surface area contributed by atoms with Gasteiger partial charge in [0.15, 0.2) is 5.75 Å². The summed E-state index contributed by atoms with van der Waals surface area (Å²) in [6.07, 6.45) is 5.09. The smallest absolute Gasteiger partial charge is 0.157 e. The van der Waals surface area contributed by atoms with Gasteiger partial charge in [-0.3, -0.25) is 4.98 Å². The number of hydrogen-bond donors (Lipinski definition) is 1. The Bertz CT molecular complexity index is 874. The molecule has 1 fully saturated rings. The van der Waals surface area contributed by atoms with Gasteiger partial charge in [0, 0.05) is 37.8 Å². The van der Waals surface area contributed by atoms with Crippen LogP contribution in [0, 0.1) is 0 Å². The molecule has 2 aromatic heterocycles. The highest BCUT2D eigenvalue weighted by molar-refractivity contribution is 6.32. The van der Waals surface area contributed by atoms with E-state index >= 15 is 0 Å². The van der Waals surface area contributed by atoms with Crippen molar-refractivity contribution in [3.8, 4) is 5.75 Å². The summed E-state index contributed by atoms with van der Waals surface area (Å²) < 4.78 is 0. The molecule has 7 heteroatoms. The van der Waals surface area contributed by atoms with Crippen LogP contribution in [0.1, 0.15) is 0 Å². The van der Waals surface area contributed by atoms with Gasteiger partial charge in [0.05, 0.1) is 22.4 Å². The number of rotatable bonds is 2. The number of para-hydroxylation sites is 1. The number of aromatic nitrogens is 3. The second-order valence-electron chi connectivity index (χ2n) is 5.67. The first-order valence-electron chi connectivity index (χ1n) is 7.76. The van der Waals surface area contributed by atoms with Gasteiger partial charge in [0.25, 0.3) is 0 Å². The maximum atomic E-state index is 10.2. The van der Waals surface area contributed by atoms with Crippen molar-refractivity contribution in [1.29, 1.82) is 0 Å². The molecule has 0 spiro atoms. The van der Waals surface area contributed by atoms with Crippen LogP contribution in [0.2, 0.25) is 5.02 Å². The molecule has 0 unspecified atom stereocenters. The van der Waals surface area contributed by atoms with Crippen molar-refractivity contribution in [1.82, 2.24) is 15.0 Å². The average molecular weight is 342 g/mol. The molecule has 1 aliphatic heterocycles. The van der Waals surface area contributed by atoms with Crippen molar-refractivity contribution in [2.24, 2.45) is 0 Å². The number of halogens is 1. The monoisotopic (exact) mass is 341 g/mol. The van der Waals surface area contributed by atoms with Crippen molar-refractivity contribution in [2.45, 2.75) is 0 Å². The fraction of sp³-hybridized carbons (Fsp3) is 0.235. The highest BCUT2D eigenvalue weighted by Gasteiger charge is 2.22. The first kappa shape index (κ1) is 15.0. The number of phenolic OH excluding ortho intramolecular Hbond substituents is 1. The largest absolute Gasteiger partial charge is 0.504 e. The number of aromatic hydroxyl groups is 1. The Balaban J connectivity index is 1.57. The van der Waals surface area contributed by atoms with Crippen molar-refractivity contribution < 1.29 is 5.11 Å². The van der Waals surface area contributed by atoms with Gasteiger partial charge in [-0.1, -0.05) is 17.7 Å². The number of hydrogen-bond acceptors (Lipinski definition) is 6. The van der Waals surface area contributed by atoms with Crippen LogP contribution in [0.15, 0.2) is 43.0 Å². The van der Waals surface area contributed by atoms with E-state index in [1.165, 1.54) is 0 Å². The number of anilines is 2. The minimum Gasteiger partial charge on any atom is -0.504 e. The van der Waals surface area contributed by atoms with E-state index in [4.69, 9.17) is 11.6 Å². The number of benzene rings is 1. The van der Waals surface area contributed by atoms with Crippen molar-refractivity contribution >= 4 is 34.0 Å². The van der Waals surface area contributed by atoms with Crippen molar-refractivity contribution in [2.75, 3.05) is 36.0 Å². The maximum absolute atomic E-state index is 10.2. The van der Waals surface area contributed by atoms with Crippen molar-refractivity contribution in [3.05, 3.63) is 48.0 Å². The summed E-state index contributed by atoms with van der Waals surface area (Å²) in [5, 5.41) is 11.5. The molecule has 1 saturated heterocycles. The fourth-order valence-corrected chi connectivity index (χ4v) is 3.23. The van der Waals surface area contributed by atoms with E-state index in [2.05, 4.69) is 24.8 Å². The lowest BCUT2D eigenvalue weighted by molar-refractivity contribution is 0.472. The number of phenols is 1. The predicted octanol–water partition coefficient (Wildman–Crippen LogP) is 2.71. The summed E-state index contributed by atoms with van der Waals surface area (Å²) in [4.78, 5) is 17.2. The standard InChI is InChI=1S/C17H16ClN5O/c18-13-2-1-3-15(16(13)24)22-6-8-23(9-7-22)17-12-4-5-19-10-14(12)20-11-21-17/h1-5,10-11,24H,6-9H2. The molecule has 1 N–H and O–H groups in total. The minimum atomic E-state index is 0.145. The summed E-state index contributed by atoms with van der Waals surface area (Å²) in [6, 6.07) is 7.38. The highest BCUT2D eigenvalue weighted by Crippen LogP contribution is 2.35. The van der Waals surface area contributed by atoms with Gasteiger partial charge >= 0.3 is 0 Å². The fourth-order valence-electron chi connectivity index (χ4n) is 3.06. The summed E-state index contributed by atoms with van der Waals surface area (Å²) in [5.41, 5.74) is 1.62. The van der Waals surface area contributed by atoms with Gasteiger partial charge in [-0.15, -0.1) is 0 Å². The second-order valence-corrected chi connectivity index (χ2v) is 6.08. The van der Waals surface area contributed by atoms with Crippen LogP contribution in [0.25, 0.3) is 10.9 Å². The van der Waals surface area contributed by atoms with E-state index in [0.29, 0.717) is 5.02 Å². The van der Waals surface area contributed by atoms with E-state index < -0.39 is 0 Å². The average Bonchev–Trinajstić information content (AvgIpc) is 2.64. The van der Waals surface area contributed by atoms with Crippen LogP contribution in [-0.2, 0) is 0 Å². The third-order valence-corrected chi connectivity index (χ3v) is 4.61. The molecule has 0 amide bonds. The molecule has 0 saturated carbocycles. The summed E-state index contributed by atoms with van der Waals surface area (Å²) in [6.45, 7) is 3.18. The van der Waals surface area contributed by atoms with Crippen LogP contribution < -0.4 is 9.80 Å². The van der Waals surface area contributed by atoms with Gasteiger partial charge in [0.2, 0.25) is 0 Å². The van der Waals surface area contributed by atoms with Crippen LogP contribution >= 0.6 is 11.6 Å². The van der Waals surface area contributed by atoms with Gasteiger partial charge in [-0.25, -0.2) is 9.97 Å². The molecule has 4 rings (SSSR count). The maximum Gasteiger partial charge on any atom is 0.157 e. The minimum absolute atomic E-state index is 0.145. The van der Waals surface area contributed by atoms with E-state index in [1.54, 1.807) is 24.8 Å². The lowest BCUT2D eigenvalue weighted by Gasteiger charge is -2.37. The molecular formula is C17H16ClN5O. The summed E-state index contributed by atoms with van der Waals surface area (Å²) in [7, 11) is 0. The zero-order valence-electron chi connectivity index (χ0n) is 12.9. The molecule has 0 aliphatic carbocycles. The Morgan fingerprint density at radius 1 is 1.00 bits per heavy atom. The molecule has 1 aromatic carbocycles. The molecule has 0 radical (unpaired) electrons. The summed E-state index contributed by atoms with van der Waals surface area (Å²) >= 11 is 6.01. The third kappa shape index (κ3) is 2.59. The Morgan fingerprint density at radius 3 is 2.62 bits per heavy atom. The van der Waals surface area contributed by atoms with Gasteiger partial charge in [0.1, 0.15) is 12.1 Å². The third-order valence-electron chi connectivity index (χ3n) is 4.30. The van der Waals surface area contributed by atoms with Gasteiger partial charge in [-0.05, 0) is 18.2 Å². The van der Waals surface area contributed by atoms with Crippen LogP contribution in [-0.4, -0.2) is 46.2 Å². The molecule has 0 bridgehead atoms. The van der Waals surface area contributed by atoms with E-state index in [1.807, 2.05) is 18.2 Å². The van der Waals surface area contributed by atoms with Crippen LogP contribution in [0.4, 0.5) is 11.5 Å². The Kier molecular flexibility index (Phi) is 3.82. The van der Waals surface area contributed by atoms with E-state index in [0.717, 1.165) is 48.6 Å². The van der Waals surface area contributed by atoms with E-state index in [9.17, 15) is 5.11 Å². The Hall–Kier alpha value is -2.60. The first-order chi connectivity index (χ1) is 11.7. The lowest BCUT2D eigenvalue weighted by Crippen LogP contribution is -2.47. The Morgan fingerprint density at radius 2 is 1.79 bits per heavy atom. The molecular weight excluding hydrogens is 326 g/mol. The molecule has 6 nitrogen and oxygen atoms in total. The first-order valence-corrected chi connectivity index (χ1v) is 8.14. The summed E-state index contributed by atoms with van der Waals surface area (Å²) in [5.74, 6) is 1.07. The van der Waals surface area contributed by atoms with Gasteiger partial charge < -0.3 is 14.9 Å². The number of fused-ring (bicyclic) bond motifs is 1. The van der Waals surface area contributed by atoms with Crippen LogP contribution in [0.5, 0.6) is 5.75 Å². The Labute approximate surface area is 144 Å². The molecule has 1 aliphatic rings. The zero-order chi connectivity index (χ0) is 16.5. The van der Waals surface area contributed by atoms with E-state index in [-0.39, 0.29) is 5.75 Å². The van der Waals surface area contributed by atoms with Crippen molar-refractivity contribution in [3.63, 3.8) is 0 Å². The number of pyridine rings is 1. The zero-order valence-corrected chi connectivity index (χ0v) is 13.7. The topological polar surface area (TPSA) is 65.4 Å². The highest BCUT2D eigenvalue weighted by atomic mass is 35.5. The number of nitrogens with zero attached hydrogens (tertiary/aromatic N) is 5. The normalized spacial score (nSPS) is 15.0. The molecule has 122 valence electrons. The molecule has 3 aromatic rings. The quantitative estimate of drug-likeness (QED) is 0.773.